The highest BCUT2D eigenvalue weighted by Gasteiger charge is 2.21. The minimum atomic E-state index is -0.403. The number of rotatable bonds is 9. The van der Waals surface area contributed by atoms with Crippen molar-refractivity contribution in [2.24, 2.45) is 0 Å². The van der Waals surface area contributed by atoms with Crippen molar-refractivity contribution in [1.82, 2.24) is 14.8 Å². The van der Waals surface area contributed by atoms with Gasteiger partial charge in [-0.3, -0.25) is 4.79 Å². The van der Waals surface area contributed by atoms with Gasteiger partial charge in [0, 0.05) is 12.1 Å². The number of anilines is 1. The van der Waals surface area contributed by atoms with Crippen LogP contribution in [0.3, 0.4) is 0 Å². The number of para-hydroxylation sites is 1. The van der Waals surface area contributed by atoms with E-state index >= 15 is 0 Å². The maximum atomic E-state index is 12.8. The van der Waals surface area contributed by atoms with Gasteiger partial charge in [0.05, 0.1) is 23.1 Å². The van der Waals surface area contributed by atoms with Gasteiger partial charge in [-0.1, -0.05) is 65.8 Å². The number of aryl methyl sites for hydroxylation is 1. The average Bonchev–Trinajstić information content (AvgIpc) is 3.27. The van der Waals surface area contributed by atoms with Crippen LogP contribution in [0, 0.1) is 0 Å². The summed E-state index contributed by atoms with van der Waals surface area (Å²) in [6.45, 7) is 2.53. The molecule has 0 aliphatic rings. The second-order valence-corrected chi connectivity index (χ2v) is 9.37. The summed E-state index contributed by atoms with van der Waals surface area (Å²) in [4.78, 5) is 12.8. The molecule has 1 amide bonds. The van der Waals surface area contributed by atoms with Gasteiger partial charge in [-0.2, -0.15) is 0 Å². The van der Waals surface area contributed by atoms with Gasteiger partial charge in [0.25, 0.3) is 0 Å². The molecule has 0 bridgehead atoms. The number of hydrogen-bond donors (Lipinski definition) is 1. The van der Waals surface area contributed by atoms with Gasteiger partial charge in [-0.15, -0.1) is 10.2 Å². The Kier molecular flexibility index (Phi) is 7.87. The molecule has 0 saturated carbocycles. The fourth-order valence-electron chi connectivity index (χ4n) is 3.43. The molecule has 4 aromatic rings. The smallest absolute Gasteiger partial charge is 0.237 e. The van der Waals surface area contributed by atoms with E-state index in [1.807, 2.05) is 61.5 Å². The number of carbonyl (C=O) groups is 1. The first-order valence-electron chi connectivity index (χ1n) is 10.9. The molecule has 0 radical (unpaired) electrons. The summed E-state index contributed by atoms with van der Waals surface area (Å²) >= 11 is 7.56. The van der Waals surface area contributed by atoms with E-state index in [9.17, 15) is 4.79 Å². The molecule has 34 heavy (non-hydrogen) atoms. The zero-order valence-corrected chi connectivity index (χ0v) is 20.5. The van der Waals surface area contributed by atoms with Crippen molar-refractivity contribution in [1.29, 1.82) is 0 Å². The quantitative estimate of drug-likeness (QED) is 0.291. The molecule has 1 heterocycles. The third kappa shape index (κ3) is 5.79. The summed E-state index contributed by atoms with van der Waals surface area (Å²) < 4.78 is 7.35. The van der Waals surface area contributed by atoms with Crippen molar-refractivity contribution in [2.45, 2.75) is 30.3 Å². The van der Waals surface area contributed by atoms with Crippen LogP contribution >= 0.6 is 23.4 Å². The van der Waals surface area contributed by atoms with E-state index in [0.29, 0.717) is 22.4 Å². The highest BCUT2D eigenvalue weighted by molar-refractivity contribution is 8.00. The fraction of sp³-hybridized carbons (Fsp3) is 0.192. The zero-order valence-electron chi connectivity index (χ0n) is 18.9. The van der Waals surface area contributed by atoms with Crippen LogP contribution in [0.25, 0.3) is 11.4 Å². The Morgan fingerprint density at radius 1 is 1.03 bits per heavy atom. The van der Waals surface area contributed by atoms with Crippen LogP contribution in [0.5, 0.6) is 5.75 Å². The lowest BCUT2D eigenvalue weighted by molar-refractivity contribution is -0.115. The van der Waals surface area contributed by atoms with E-state index in [1.54, 1.807) is 19.2 Å². The van der Waals surface area contributed by atoms with Gasteiger partial charge in [-0.05, 0) is 55.3 Å². The molecule has 0 fully saturated rings. The molecule has 1 aromatic heterocycles. The van der Waals surface area contributed by atoms with E-state index < -0.39 is 5.25 Å². The predicted octanol–water partition coefficient (Wildman–Crippen LogP) is 5.97. The molecule has 8 heteroatoms. The number of hydrogen-bond acceptors (Lipinski definition) is 5. The van der Waals surface area contributed by atoms with Gasteiger partial charge >= 0.3 is 0 Å². The fourth-order valence-corrected chi connectivity index (χ4v) is 4.48. The van der Waals surface area contributed by atoms with Crippen molar-refractivity contribution in [3.8, 4) is 17.1 Å². The minimum Gasteiger partial charge on any atom is -0.497 e. The number of thioether (sulfide) groups is 1. The molecule has 0 aliphatic heterocycles. The zero-order chi connectivity index (χ0) is 23.9. The lowest BCUT2D eigenvalue weighted by Crippen LogP contribution is -2.23. The molecule has 0 aliphatic carbocycles. The first kappa shape index (κ1) is 23.9. The molecule has 3 aromatic carbocycles. The Morgan fingerprint density at radius 3 is 2.44 bits per heavy atom. The highest BCUT2D eigenvalue weighted by atomic mass is 35.5. The van der Waals surface area contributed by atoms with Crippen LogP contribution in [0.2, 0.25) is 5.02 Å². The predicted molar refractivity (Wildman–Crippen MR) is 138 cm³/mol. The van der Waals surface area contributed by atoms with Crippen LogP contribution < -0.4 is 10.1 Å². The number of methoxy groups -OCH3 is 1. The number of nitrogens with one attached hydrogen (secondary N) is 1. The van der Waals surface area contributed by atoms with E-state index in [-0.39, 0.29) is 5.91 Å². The SMILES string of the molecule is COc1ccc(-c2nnc(SC(C)C(=O)Nc3ccccc3Cl)n2CCc2ccccc2)cc1. The maximum absolute atomic E-state index is 12.8. The summed E-state index contributed by atoms with van der Waals surface area (Å²) in [6, 6.07) is 25.2. The topological polar surface area (TPSA) is 69.0 Å². The lowest BCUT2D eigenvalue weighted by Gasteiger charge is -2.14. The molecule has 1 atom stereocenters. The van der Waals surface area contributed by atoms with Gasteiger partial charge in [0.2, 0.25) is 5.91 Å². The Hall–Kier alpha value is -3.29. The number of amides is 1. The molecule has 0 spiro atoms. The monoisotopic (exact) mass is 492 g/mol. The average molecular weight is 493 g/mol. The standard InChI is InChI=1S/C26H25ClN4O2S/c1-18(25(32)28-23-11-7-6-10-22(23)27)34-26-30-29-24(20-12-14-21(33-2)15-13-20)31(26)17-16-19-8-4-3-5-9-19/h3-15,18H,16-17H2,1-2H3,(H,28,32). The Bertz CT molecular complexity index is 1250. The Balaban J connectivity index is 1.57. The second-order valence-electron chi connectivity index (χ2n) is 7.65. The number of carbonyl (C=O) groups excluding carboxylic acids is 1. The van der Waals surface area contributed by atoms with Crippen LogP contribution in [-0.4, -0.2) is 33.0 Å². The Labute approximate surface area is 208 Å². The van der Waals surface area contributed by atoms with E-state index in [1.165, 1.54) is 17.3 Å². The van der Waals surface area contributed by atoms with Crippen LogP contribution in [0.1, 0.15) is 12.5 Å². The van der Waals surface area contributed by atoms with Crippen molar-refractivity contribution in [3.05, 3.63) is 89.4 Å². The largest absolute Gasteiger partial charge is 0.497 e. The van der Waals surface area contributed by atoms with Crippen molar-refractivity contribution in [2.75, 3.05) is 12.4 Å². The molecule has 0 saturated heterocycles. The first-order valence-corrected chi connectivity index (χ1v) is 12.1. The van der Waals surface area contributed by atoms with E-state index in [0.717, 1.165) is 23.6 Å². The van der Waals surface area contributed by atoms with Crippen LogP contribution in [0.15, 0.2) is 84.0 Å². The Morgan fingerprint density at radius 2 is 1.74 bits per heavy atom. The highest BCUT2D eigenvalue weighted by Crippen LogP contribution is 2.29. The summed E-state index contributed by atoms with van der Waals surface area (Å²) in [5.41, 5.74) is 2.74. The third-order valence-electron chi connectivity index (χ3n) is 5.32. The molecule has 1 N–H and O–H groups in total. The molecule has 6 nitrogen and oxygen atoms in total. The van der Waals surface area contributed by atoms with Gasteiger partial charge in [0.1, 0.15) is 5.75 Å². The lowest BCUT2D eigenvalue weighted by atomic mass is 10.1. The number of ether oxygens (including phenoxy) is 1. The summed E-state index contributed by atoms with van der Waals surface area (Å²) in [6.07, 6.45) is 0.815. The summed E-state index contributed by atoms with van der Waals surface area (Å²) in [7, 11) is 1.64. The van der Waals surface area contributed by atoms with Crippen molar-refractivity contribution < 1.29 is 9.53 Å². The summed E-state index contributed by atoms with van der Waals surface area (Å²) in [5, 5.41) is 12.6. The minimum absolute atomic E-state index is 0.151. The van der Waals surface area contributed by atoms with Crippen LogP contribution in [-0.2, 0) is 17.8 Å². The number of nitrogens with zero attached hydrogens (tertiary/aromatic N) is 3. The van der Waals surface area contributed by atoms with Crippen LogP contribution in [0.4, 0.5) is 5.69 Å². The number of halogens is 1. The van der Waals surface area contributed by atoms with E-state index in [2.05, 4.69) is 32.2 Å². The second kappa shape index (κ2) is 11.2. The van der Waals surface area contributed by atoms with Crippen molar-refractivity contribution in [3.63, 3.8) is 0 Å². The van der Waals surface area contributed by atoms with Crippen molar-refractivity contribution >= 4 is 35.0 Å². The van der Waals surface area contributed by atoms with E-state index in [4.69, 9.17) is 16.3 Å². The summed E-state index contributed by atoms with van der Waals surface area (Å²) in [5.74, 6) is 1.38. The molecule has 1 unspecified atom stereocenters. The number of benzene rings is 3. The van der Waals surface area contributed by atoms with Gasteiger partial charge in [-0.25, -0.2) is 0 Å². The van der Waals surface area contributed by atoms with Gasteiger partial charge in [0.15, 0.2) is 11.0 Å². The first-order chi connectivity index (χ1) is 16.5. The molecular weight excluding hydrogens is 468 g/mol. The maximum Gasteiger partial charge on any atom is 0.237 e. The molecule has 174 valence electrons. The molecule has 4 rings (SSSR count). The normalized spacial score (nSPS) is 11.7. The number of aromatic nitrogens is 3. The third-order valence-corrected chi connectivity index (χ3v) is 6.73. The molecular formula is C26H25ClN4O2S. The van der Waals surface area contributed by atoms with Gasteiger partial charge < -0.3 is 14.6 Å².